The molecule has 5 heteroatoms. The van der Waals surface area contributed by atoms with Gasteiger partial charge in [-0.05, 0) is 43.7 Å². The number of hydrogen-bond acceptors (Lipinski definition) is 4. The maximum absolute atomic E-state index is 12.5. The second-order valence-corrected chi connectivity index (χ2v) is 7.21. The SMILES string of the molecule is N#CC1(C(=O)NCC2CCN(CCc3ccccc3)C2)CCOCC1. The Labute approximate surface area is 150 Å². The third-order valence-electron chi connectivity index (χ3n) is 5.48. The standard InChI is InChI=1S/C20H27N3O2/c21-16-20(8-12-25-13-9-20)19(24)22-14-18-7-11-23(15-18)10-6-17-4-2-1-3-5-17/h1-5,18H,6-15H2,(H,22,24). The lowest BCUT2D eigenvalue weighted by Crippen LogP contribution is -2.45. The number of benzene rings is 1. The first kappa shape index (κ1) is 17.9. The lowest BCUT2D eigenvalue weighted by molar-refractivity contribution is -0.132. The monoisotopic (exact) mass is 341 g/mol. The van der Waals surface area contributed by atoms with Crippen LogP contribution in [0, 0.1) is 22.7 Å². The third kappa shape index (κ3) is 4.59. The van der Waals surface area contributed by atoms with Crippen LogP contribution in [0.4, 0.5) is 0 Å². The number of amides is 1. The van der Waals surface area contributed by atoms with E-state index in [1.807, 2.05) is 6.07 Å². The molecule has 1 aromatic carbocycles. The molecule has 1 atom stereocenters. The summed E-state index contributed by atoms with van der Waals surface area (Å²) in [6.45, 7) is 4.84. The van der Waals surface area contributed by atoms with Crippen molar-refractivity contribution in [3.63, 3.8) is 0 Å². The van der Waals surface area contributed by atoms with E-state index in [2.05, 4.69) is 40.6 Å². The second-order valence-electron chi connectivity index (χ2n) is 7.21. The van der Waals surface area contributed by atoms with Crippen LogP contribution in [0.2, 0.25) is 0 Å². The molecule has 0 aromatic heterocycles. The number of carbonyl (C=O) groups is 1. The van der Waals surface area contributed by atoms with Gasteiger partial charge in [0.05, 0.1) is 6.07 Å². The molecule has 2 fully saturated rings. The number of nitriles is 1. The van der Waals surface area contributed by atoms with Crippen molar-refractivity contribution in [2.24, 2.45) is 11.3 Å². The van der Waals surface area contributed by atoms with Crippen molar-refractivity contribution in [3.05, 3.63) is 35.9 Å². The van der Waals surface area contributed by atoms with E-state index in [9.17, 15) is 10.1 Å². The Morgan fingerprint density at radius 2 is 2.08 bits per heavy atom. The summed E-state index contributed by atoms with van der Waals surface area (Å²) in [5, 5.41) is 12.5. The van der Waals surface area contributed by atoms with Gasteiger partial charge >= 0.3 is 0 Å². The molecule has 0 saturated carbocycles. The number of ether oxygens (including phenoxy) is 1. The van der Waals surface area contributed by atoms with E-state index in [1.165, 1.54) is 5.56 Å². The zero-order valence-electron chi connectivity index (χ0n) is 14.7. The van der Waals surface area contributed by atoms with Crippen LogP contribution in [-0.2, 0) is 16.0 Å². The van der Waals surface area contributed by atoms with Crippen molar-refractivity contribution in [1.29, 1.82) is 5.26 Å². The largest absolute Gasteiger partial charge is 0.381 e. The van der Waals surface area contributed by atoms with Crippen LogP contribution in [0.5, 0.6) is 0 Å². The molecule has 1 unspecified atom stereocenters. The summed E-state index contributed by atoms with van der Waals surface area (Å²) < 4.78 is 5.29. The minimum atomic E-state index is -0.885. The fourth-order valence-corrected chi connectivity index (χ4v) is 3.73. The molecule has 0 spiro atoms. The molecular weight excluding hydrogens is 314 g/mol. The number of nitrogens with one attached hydrogen (secondary N) is 1. The Kier molecular flexibility index (Phi) is 6.06. The fourth-order valence-electron chi connectivity index (χ4n) is 3.73. The summed E-state index contributed by atoms with van der Waals surface area (Å²) in [6.07, 6.45) is 3.18. The van der Waals surface area contributed by atoms with E-state index in [0.29, 0.717) is 38.5 Å². The van der Waals surface area contributed by atoms with Crippen molar-refractivity contribution >= 4 is 5.91 Å². The lowest BCUT2D eigenvalue weighted by atomic mass is 9.81. The average Bonchev–Trinajstić information content (AvgIpc) is 3.13. The Hall–Kier alpha value is -1.90. The summed E-state index contributed by atoms with van der Waals surface area (Å²) >= 11 is 0. The van der Waals surface area contributed by atoms with Crippen LogP contribution in [0.25, 0.3) is 0 Å². The van der Waals surface area contributed by atoms with Gasteiger partial charge in [0, 0.05) is 32.8 Å². The van der Waals surface area contributed by atoms with Gasteiger partial charge in [0.2, 0.25) is 5.91 Å². The van der Waals surface area contributed by atoms with Crippen LogP contribution in [0.1, 0.15) is 24.8 Å². The molecule has 25 heavy (non-hydrogen) atoms. The summed E-state index contributed by atoms with van der Waals surface area (Å²) in [5.41, 5.74) is 0.485. The average molecular weight is 341 g/mol. The van der Waals surface area contributed by atoms with Crippen molar-refractivity contribution < 1.29 is 9.53 Å². The van der Waals surface area contributed by atoms with Gasteiger partial charge in [-0.3, -0.25) is 4.79 Å². The minimum absolute atomic E-state index is 0.110. The smallest absolute Gasteiger partial charge is 0.240 e. The summed E-state index contributed by atoms with van der Waals surface area (Å²) in [4.78, 5) is 15.0. The maximum atomic E-state index is 12.5. The molecule has 134 valence electrons. The van der Waals surface area contributed by atoms with Crippen LogP contribution >= 0.6 is 0 Å². The Morgan fingerprint density at radius 1 is 1.32 bits per heavy atom. The first-order valence-corrected chi connectivity index (χ1v) is 9.25. The topological polar surface area (TPSA) is 65.4 Å². The van der Waals surface area contributed by atoms with Crippen molar-refractivity contribution in [1.82, 2.24) is 10.2 Å². The summed E-state index contributed by atoms with van der Waals surface area (Å²) in [6, 6.07) is 12.8. The van der Waals surface area contributed by atoms with E-state index in [-0.39, 0.29) is 5.91 Å². The summed E-state index contributed by atoms with van der Waals surface area (Å²) in [5.74, 6) is 0.372. The zero-order chi connectivity index (χ0) is 17.5. The van der Waals surface area contributed by atoms with Crippen molar-refractivity contribution in [2.45, 2.75) is 25.7 Å². The molecule has 2 saturated heterocycles. The number of likely N-dealkylation sites (tertiary alicyclic amines) is 1. The molecule has 1 amide bonds. The zero-order valence-corrected chi connectivity index (χ0v) is 14.7. The van der Waals surface area contributed by atoms with Gasteiger partial charge in [0.25, 0.3) is 0 Å². The molecule has 3 rings (SSSR count). The maximum Gasteiger partial charge on any atom is 0.240 e. The predicted octanol–water partition coefficient (Wildman–Crippen LogP) is 1.99. The first-order valence-electron chi connectivity index (χ1n) is 9.25. The van der Waals surface area contributed by atoms with E-state index in [0.717, 1.165) is 32.5 Å². The van der Waals surface area contributed by atoms with E-state index < -0.39 is 5.41 Å². The highest BCUT2D eigenvalue weighted by Crippen LogP contribution is 2.30. The predicted molar refractivity (Wildman–Crippen MR) is 95.8 cm³/mol. The Bertz CT molecular complexity index is 605. The highest BCUT2D eigenvalue weighted by molar-refractivity contribution is 5.85. The van der Waals surface area contributed by atoms with E-state index in [4.69, 9.17) is 4.74 Å². The first-order chi connectivity index (χ1) is 12.2. The fraction of sp³-hybridized carbons (Fsp3) is 0.600. The molecule has 0 aliphatic carbocycles. The van der Waals surface area contributed by atoms with E-state index in [1.54, 1.807) is 0 Å². The molecule has 1 aromatic rings. The third-order valence-corrected chi connectivity index (χ3v) is 5.48. The molecule has 0 radical (unpaired) electrons. The van der Waals surface area contributed by atoms with Crippen molar-refractivity contribution in [2.75, 3.05) is 39.4 Å². The molecule has 0 bridgehead atoms. The highest BCUT2D eigenvalue weighted by atomic mass is 16.5. The van der Waals surface area contributed by atoms with E-state index >= 15 is 0 Å². The van der Waals surface area contributed by atoms with Gasteiger partial charge in [-0.2, -0.15) is 5.26 Å². The number of hydrogen-bond donors (Lipinski definition) is 1. The van der Waals surface area contributed by atoms with Gasteiger partial charge in [0.15, 0.2) is 0 Å². The quantitative estimate of drug-likeness (QED) is 0.859. The molecule has 2 aliphatic rings. The Balaban J connectivity index is 1.41. The van der Waals surface area contributed by atoms with Crippen LogP contribution in [-0.4, -0.2) is 50.2 Å². The normalized spacial score (nSPS) is 23.1. The number of carbonyl (C=O) groups excluding carboxylic acids is 1. The highest BCUT2D eigenvalue weighted by Gasteiger charge is 2.40. The number of nitrogens with zero attached hydrogens (tertiary/aromatic N) is 2. The second kappa shape index (κ2) is 8.46. The van der Waals surface area contributed by atoms with Gasteiger partial charge in [-0.15, -0.1) is 0 Å². The van der Waals surface area contributed by atoms with Gasteiger partial charge in [-0.1, -0.05) is 30.3 Å². The molecule has 5 nitrogen and oxygen atoms in total. The van der Waals surface area contributed by atoms with Gasteiger partial charge < -0.3 is 15.0 Å². The summed E-state index contributed by atoms with van der Waals surface area (Å²) in [7, 11) is 0. The minimum Gasteiger partial charge on any atom is -0.381 e. The molecular formula is C20H27N3O2. The molecule has 1 N–H and O–H groups in total. The molecule has 2 aliphatic heterocycles. The lowest BCUT2D eigenvalue weighted by Gasteiger charge is -2.29. The van der Waals surface area contributed by atoms with Gasteiger partial charge in [0.1, 0.15) is 5.41 Å². The van der Waals surface area contributed by atoms with Crippen LogP contribution in [0.3, 0.4) is 0 Å². The number of rotatable bonds is 6. The van der Waals surface area contributed by atoms with Crippen LogP contribution in [0.15, 0.2) is 30.3 Å². The Morgan fingerprint density at radius 3 is 2.80 bits per heavy atom. The molecule has 2 heterocycles. The van der Waals surface area contributed by atoms with Gasteiger partial charge in [-0.25, -0.2) is 0 Å². The van der Waals surface area contributed by atoms with Crippen molar-refractivity contribution in [3.8, 4) is 6.07 Å². The van der Waals surface area contributed by atoms with Crippen LogP contribution < -0.4 is 5.32 Å².